The summed E-state index contributed by atoms with van der Waals surface area (Å²) in [7, 11) is 1.63. The zero-order chi connectivity index (χ0) is 19.2. The van der Waals surface area contributed by atoms with Gasteiger partial charge in [0.05, 0.1) is 5.69 Å². The Kier molecular flexibility index (Phi) is 6.24. The number of rotatable bonds is 6. The predicted octanol–water partition coefficient (Wildman–Crippen LogP) is 1.47. The van der Waals surface area contributed by atoms with E-state index in [1.54, 1.807) is 31.4 Å². The van der Waals surface area contributed by atoms with Crippen LogP contribution in [0.5, 0.6) is 0 Å². The first-order valence-electron chi connectivity index (χ1n) is 9.22. The molecule has 0 radical (unpaired) electrons. The minimum absolute atomic E-state index is 0.165. The largest absolute Gasteiger partial charge is 0.367 e. The van der Waals surface area contributed by atoms with Crippen LogP contribution in [-0.2, 0) is 7.05 Å². The molecule has 1 fully saturated rings. The number of nitrogens with one attached hydrogen (secondary N) is 1. The van der Waals surface area contributed by atoms with Crippen LogP contribution in [0.25, 0.3) is 0 Å². The summed E-state index contributed by atoms with van der Waals surface area (Å²) in [4.78, 5) is 28.4. The van der Waals surface area contributed by atoms with Gasteiger partial charge in [0, 0.05) is 46.0 Å². The Bertz CT molecular complexity index is 844. The number of pyridine rings is 1. The molecule has 2 aromatic rings. The van der Waals surface area contributed by atoms with Crippen LogP contribution in [0.15, 0.2) is 47.4 Å². The molecule has 144 valence electrons. The molecule has 0 unspecified atom stereocenters. The molecule has 0 saturated carbocycles. The van der Waals surface area contributed by atoms with Gasteiger partial charge in [-0.3, -0.25) is 14.5 Å². The second-order valence-electron chi connectivity index (χ2n) is 6.73. The van der Waals surface area contributed by atoms with Crippen molar-refractivity contribution in [2.45, 2.75) is 6.42 Å². The lowest BCUT2D eigenvalue weighted by Gasteiger charge is -2.36. The van der Waals surface area contributed by atoms with Crippen LogP contribution in [-0.4, -0.2) is 54.6 Å². The molecule has 0 bridgehead atoms. The van der Waals surface area contributed by atoms with E-state index in [1.165, 1.54) is 10.6 Å². The van der Waals surface area contributed by atoms with Crippen LogP contribution in [0.4, 0.5) is 10.1 Å². The van der Waals surface area contributed by atoms with Gasteiger partial charge in [-0.15, -0.1) is 0 Å². The zero-order valence-electron chi connectivity index (χ0n) is 15.5. The number of hydrogen-bond acceptors (Lipinski definition) is 4. The molecule has 3 rings (SSSR count). The van der Waals surface area contributed by atoms with Gasteiger partial charge in [-0.05, 0) is 37.2 Å². The summed E-state index contributed by atoms with van der Waals surface area (Å²) in [6, 6.07) is 10.1. The first kappa shape index (κ1) is 19.1. The van der Waals surface area contributed by atoms with E-state index in [-0.39, 0.29) is 22.8 Å². The number of amides is 1. The van der Waals surface area contributed by atoms with Gasteiger partial charge in [0.15, 0.2) is 0 Å². The quantitative estimate of drug-likeness (QED) is 0.780. The van der Waals surface area contributed by atoms with Crippen LogP contribution in [0.2, 0.25) is 0 Å². The molecule has 1 aromatic heterocycles. The SMILES string of the molecule is Cn1cccc(C(=O)NCCCN2CCN(c3ccccc3F)CC2)c1=O. The minimum Gasteiger partial charge on any atom is -0.367 e. The molecular weight excluding hydrogens is 347 g/mol. The van der Waals surface area contributed by atoms with E-state index < -0.39 is 0 Å². The number of anilines is 1. The van der Waals surface area contributed by atoms with Gasteiger partial charge in [0.25, 0.3) is 11.5 Å². The first-order valence-corrected chi connectivity index (χ1v) is 9.22. The van der Waals surface area contributed by atoms with E-state index >= 15 is 0 Å². The molecule has 0 atom stereocenters. The van der Waals surface area contributed by atoms with E-state index in [4.69, 9.17) is 0 Å². The van der Waals surface area contributed by atoms with Crippen LogP contribution >= 0.6 is 0 Å². The van der Waals surface area contributed by atoms with Gasteiger partial charge in [-0.1, -0.05) is 12.1 Å². The smallest absolute Gasteiger partial charge is 0.263 e. The summed E-state index contributed by atoms with van der Waals surface area (Å²) in [6.07, 6.45) is 2.43. The second-order valence-corrected chi connectivity index (χ2v) is 6.73. The first-order chi connectivity index (χ1) is 13.1. The number of piperazine rings is 1. The third kappa shape index (κ3) is 4.74. The molecule has 1 amide bonds. The number of aryl methyl sites for hydroxylation is 1. The minimum atomic E-state index is -0.333. The van der Waals surface area contributed by atoms with Gasteiger partial charge in [-0.25, -0.2) is 4.39 Å². The van der Waals surface area contributed by atoms with E-state index in [0.29, 0.717) is 12.2 Å². The Morgan fingerprint density at radius 3 is 2.59 bits per heavy atom. The second kappa shape index (κ2) is 8.81. The summed E-state index contributed by atoms with van der Waals surface area (Å²) in [5.74, 6) is -0.513. The van der Waals surface area contributed by atoms with Gasteiger partial charge >= 0.3 is 0 Å². The van der Waals surface area contributed by atoms with Crippen molar-refractivity contribution in [3.8, 4) is 0 Å². The molecular formula is C20H25FN4O2. The summed E-state index contributed by atoms with van der Waals surface area (Å²) in [5, 5.41) is 2.81. The zero-order valence-corrected chi connectivity index (χ0v) is 15.5. The highest BCUT2D eigenvalue weighted by molar-refractivity contribution is 5.93. The lowest BCUT2D eigenvalue weighted by atomic mass is 10.2. The highest BCUT2D eigenvalue weighted by atomic mass is 19.1. The number of carbonyl (C=O) groups is 1. The van der Waals surface area contributed by atoms with Crippen molar-refractivity contribution in [3.05, 3.63) is 64.3 Å². The van der Waals surface area contributed by atoms with Crippen molar-refractivity contribution in [1.82, 2.24) is 14.8 Å². The molecule has 1 aliphatic heterocycles. The molecule has 0 aliphatic carbocycles. The summed E-state index contributed by atoms with van der Waals surface area (Å²) < 4.78 is 15.3. The lowest BCUT2D eigenvalue weighted by molar-refractivity contribution is 0.0949. The highest BCUT2D eigenvalue weighted by Crippen LogP contribution is 2.20. The molecule has 0 spiro atoms. The van der Waals surface area contributed by atoms with Crippen LogP contribution < -0.4 is 15.8 Å². The molecule has 2 heterocycles. The van der Waals surface area contributed by atoms with Crippen LogP contribution in [0.1, 0.15) is 16.8 Å². The summed E-state index contributed by atoms with van der Waals surface area (Å²) in [5.41, 5.74) is 0.534. The Morgan fingerprint density at radius 1 is 1.11 bits per heavy atom. The number of carbonyl (C=O) groups excluding carboxylic acids is 1. The maximum atomic E-state index is 13.9. The molecule has 1 N–H and O–H groups in total. The van der Waals surface area contributed by atoms with Crippen LogP contribution in [0.3, 0.4) is 0 Å². The summed E-state index contributed by atoms with van der Waals surface area (Å²) in [6.45, 7) is 4.67. The van der Waals surface area contributed by atoms with Crippen LogP contribution in [0, 0.1) is 5.82 Å². The third-order valence-corrected chi connectivity index (χ3v) is 4.87. The Balaban J connectivity index is 1.39. The van der Waals surface area contributed by atoms with Crippen molar-refractivity contribution in [2.75, 3.05) is 44.2 Å². The van der Waals surface area contributed by atoms with Crippen molar-refractivity contribution in [2.24, 2.45) is 7.05 Å². The normalized spacial score (nSPS) is 15.0. The predicted molar refractivity (Wildman–Crippen MR) is 104 cm³/mol. The number of para-hydroxylation sites is 1. The fourth-order valence-corrected chi connectivity index (χ4v) is 3.29. The van der Waals surface area contributed by atoms with Gasteiger partial charge < -0.3 is 14.8 Å². The van der Waals surface area contributed by atoms with Gasteiger partial charge in [0.1, 0.15) is 11.4 Å². The Labute approximate surface area is 158 Å². The topological polar surface area (TPSA) is 57.6 Å². The molecule has 1 aromatic carbocycles. The average molecular weight is 372 g/mol. The number of aromatic nitrogens is 1. The van der Waals surface area contributed by atoms with Crippen molar-refractivity contribution >= 4 is 11.6 Å². The van der Waals surface area contributed by atoms with E-state index in [9.17, 15) is 14.0 Å². The van der Waals surface area contributed by atoms with Gasteiger partial charge in [0.2, 0.25) is 0 Å². The average Bonchev–Trinajstić information content (AvgIpc) is 2.68. The van der Waals surface area contributed by atoms with E-state index in [2.05, 4.69) is 15.1 Å². The molecule has 6 nitrogen and oxygen atoms in total. The molecule has 27 heavy (non-hydrogen) atoms. The number of nitrogens with zero attached hydrogens (tertiary/aromatic N) is 3. The van der Waals surface area contributed by atoms with Crippen molar-refractivity contribution < 1.29 is 9.18 Å². The van der Waals surface area contributed by atoms with Crippen molar-refractivity contribution in [3.63, 3.8) is 0 Å². The Hall–Kier alpha value is -2.67. The maximum absolute atomic E-state index is 13.9. The fraction of sp³-hybridized carbons (Fsp3) is 0.400. The van der Waals surface area contributed by atoms with Gasteiger partial charge in [-0.2, -0.15) is 0 Å². The molecule has 7 heteroatoms. The summed E-state index contributed by atoms with van der Waals surface area (Å²) >= 11 is 0. The lowest BCUT2D eigenvalue weighted by Crippen LogP contribution is -2.47. The number of benzene rings is 1. The van der Waals surface area contributed by atoms with Crippen molar-refractivity contribution in [1.29, 1.82) is 0 Å². The molecule has 1 aliphatic rings. The standard InChI is InChI=1S/C20H25FN4O2/c1-23-10-4-6-16(20(23)27)19(26)22-9-5-11-24-12-14-25(15-13-24)18-8-3-2-7-17(18)21/h2-4,6-8,10H,5,9,11-15H2,1H3,(H,22,26). The third-order valence-electron chi connectivity index (χ3n) is 4.87. The number of hydrogen-bond donors (Lipinski definition) is 1. The monoisotopic (exact) mass is 372 g/mol. The fourth-order valence-electron chi connectivity index (χ4n) is 3.29. The van der Waals surface area contributed by atoms with E-state index in [0.717, 1.165) is 39.1 Å². The highest BCUT2D eigenvalue weighted by Gasteiger charge is 2.19. The molecule has 1 saturated heterocycles. The number of halogens is 1. The Morgan fingerprint density at radius 2 is 1.85 bits per heavy atom. The maximum Gasteiger partial charge on any atom is 0.263 e. The van der Waals surface area contributed by atoms with E-state index in [1.807, 2.05) is 12.1 Å².